The molecule has 192 valence electrons. The average molecular weight is 502 g/mol. The van der Waals surface area contributed by atoms with E-state index < -0.39 is 5.54 Å². The molecule has 5 rings (SSSR count). The highest BCUT2D eigenvalue weighted by molar-refractivity contribution is 6.09. The molecule has 0 saturated carbocycles. The van der Waals surface area contributed by atoms with Crippen LogP contribution in [-0.4, -0.2) is 47.2 Å². The SMILES string of the molecule is CC1=NC(c2ccc(F)cc2)(c2ccc(F)cc2)C(=O)N1CC1CCN(C(C)Cc2ccccc2)CC1. The van der Waals surface area contributed by atoms with Gasteiger partial charge in [0.25, 0.3) is 5.91 Å². The maximum absolute atomic E-state index is 14.1. The molecule has 1 atom stereocenters. The van der Waals surface area contributed by atoms with Gasteiger partial charge in [-0.3, -0.25) is 9.69 Å². The quantitative estimate of drug-likeness (QED) is 0.410. The second-order valence-corrected chi connectivity index (χ2v) is 10.3. The fourth-order valence-electron chi connectivity index (χ4n) is 5.75. The molecule has 3 aromatic carbocycles. The summed E-state index contributed by atoms with van der Waals surface area (Å²) in [5, 5.41) is 0. The van der Waals surface area contributed by atoms with Crippen molar-refractivity contribution in [2.45, 2.75) is 44.7 Å². The van der Waals surface area contributed by atoms with Crippen molar-refractivity contribution in [3.05, 3.63) is 107 Å². The van der Waals surface area contributed by atoms with Crippen LogP contribution in [0.5, 0.6) is 0 Å². The number of carbonyl (C=O) groups excluding carboxylic acids is 1. The molecule has 3 aromatic rings. The van der Waals surface area contributed by atoms with Gasteiger partial charge in [-0.15, -0.1) is 0 Å². The maximum Gasteiger partial charge on any atom is 0.265 e. The molecule has 2 aliphatic heterocycles. The van der Waals surface area contributed by atoms with Crippen LogP contribution in [0.3, 0.4) is 0 Å². The molecule has 0 spiro atoms. The molecule has 2 aliphatic rings. The summed E-state index contributed by atoms with van der Waals surface area (Å²) in [6.45, 7) is 6.73. The molecule has 0 N–H and O–H groups in total. The van der Waals surface area contributed by atoms with Crippen molar-refractivity contribution in [1.29, 1.82) is 0 Å². The van der Waals surface area contributed by atoms with Crippen molar-refractivity contribution in [2.24, 2.45) is 10.9 Å². The van der Waals surface area contributed by atoms with Gasteiger partial charge in [-0.1, -0.05) is 54.6 Å². The molecular formula is C31H33F2N3O. The molecule has 1 saturated heterocycles. The Morgan fingerprint density at radius 1 is 0.892 bits per heavy atom. The van der Waals surface area contributed by atoms with Crippen LogP contribution in [0.25, 0.3) is 0 Å². The number of hydrogen-bond acceptors (Lipinski definition) is 3. The van der Waals surface area contributed by atoms with E-state index in [0.717, 1.165) is 32.4 Å². The molecule has 2 heterocycles. The molecule has 0 radical (unpaired) electrons. The van der Waals surface area contributed by atoms with Gasteiger partial charge in [0, 0.05) is 12.6 Å². The largest absolute Gasteiger partial charge is 0.300 e. The van der Waals surface area contributed by atoms with Crippen molar-refractivity contribution >= 4 is 11.7 Å². The van der Waals surface area contributed by atoms with Crippen LogP contribution in [0.4, 0.5) is 8.78 Å². The van der Waals surface area contributed by atoms with E-state index in [4.69, 9.17) is 4.99 Å². The van der Waals surface area contributed by atoms with E-state index in [1.807, 2.05) is 13.0 Å². The van der Waals surface area contributed by atoms with Gasteiger partial charge in [0.2, 0.25) is 0 Å². The van der Waals surface area contributed by atoms with Crippen molar-refractivity contribution in [3.8, 4) is 0 Å². The number of likely N-dealkylation sites (tertiary alicyclic amines) is 1. The highest BCUT2D eigenvalue weighted by Crippen LogP contribution is 2.41. The van der Waals surface area contributed by atoms with Crippen LogP contribution in [-0.2, 0) is 16.8 Å². The normalized spacial score (nSPS) is 19.2. The number of rotatable bonds is 7. The van der Waals surface area contributed by atoms with Crippen LogP contribution >= 0.6 is 0 Å². The summed E-state index contributed by atoms with van der Waals surface area (Å²) in [5.74, 6) is 0.0802. The third-order valence-electron chi connectivity index (χ3n) is 7.89. The number of aliphatic imine (C=N–C) groups is 1. The summed E-state index contributed by atoms with van der Waals surface area (Å²) in [4.78, 5) is 23.3. The summed E-state index contributed by atoms with van der Waals surface area (Å²) in [5.41, 5.74) is 1.18. The topological polar surface area (TPSA) is 35.9 Å². The lowest BCUT2D eigenvalue weighted by atomic mass is 9.82. The maximum atomic E-state index is 14.1. The highest BCUT2D eigenvalue weighted by Gasteiger charge is 2.50. The fraction of sp³-hybridized carbons (Fsp3) is 0.355. The molecule has 1 amide bonds. The Labute approximate surface area is 217 Å². The van der Waals surface area contributed by atoms with Gasteiger partial charge >= 0.3 is 0 Å². The van der Waals surface area contributed by atoms with Crippen LogP contribution in [0.2, 0.25) is 0 Å². The second-order valence-electron chi connectivity index (χ2n) is 10.3. The van der Waals surface area contributed by atoms with Gasteiger partial charge in [-0.05, 0) is 93.1 Å². The lowest BCUT2D eigenvalue weighted by Crippen LogP contribution is -2.46. The van der Waals surface area contributed by atoms with E-state index in [-0.39, 0.29) is 17.5 Å². The van der Waals surface area contributed by atoms with Crippen molar-refractivity contribution in [2.75, 3.05) is 19.6 Å². The third-order valence-corrected chi connectivity index (χ3v) is 7.89. The average Bonchev–Trinajstić information content (AvgIpc) is 3.16. The minimum atomic E-state index is -1.34. The first-order valence-corrected chi connectivity index (χ1v) is 13.1. The fourth-order valence-corrected chi connectivity index (χ4v) is 5.75. The predicted molar refractivity (Wildman–Crippen MR) is 142 cm³/mol. The van der Waals surface area contributed by atoms with Gasteiger partial charge in [0.1, 0.15) is 17.5 Å². The number of halogens is 2. The third kappa shape index (κ3) is 5.08. The van der Waals surface area contributed by atoms with Crippen molar-refractivity contribution < 1.29 is 13.6 Å². The minimum absolute atomic E-state index is 0.164. The summed E-state index contributed by atoms with van der Waals surface area (Å²) in [6.07, 6.45) is 3.05. The van der Waals surface area contributed by atoms with E-state index in [1.165, 1.54) is 29.8 Å². The highest BCUT2D eigenvalue weighted by atomic mass is 19.1. The molecule has 37 heavy (non-hydrogen) atoms. The van der Waals surface area contributed by atoms with Crippen LogP contribution < -0.4 is 0 Å². The van der Waals surface area contributed by atoms with Gasteiger partial charge in [-0.25, -0.2) is 13.8 Å². The standard InChI is InChI=1S/C31H33F2N3O/c1-22(20-24-6-4-3-5-7-24)35-18-16-25(17-19-35)21-36-23(2)34-31(30(36)37,26-8-12-28(32)13-9-26)27-10-14-29(33)15-11-27/h3-15,22,25H,16-21H2,1-2H3. The number of carbonyl (C=O) groups is 1. The zero-order chi connectivity index (χ0) is 26.0. The molecule has 1 unspecified atom stereocenters. The lowest BCUT2D eigenvalue weighted by Gasteiger charge is -2.37. The van der Waals surface area contributed by atoms with E-state index >= 15 is 0 Å². The van der Waals surface area contributed by atoms with E-state index in [9.17, 15) is 13.6 Å². The summed E-state index contributed by atoms with van der Waals surface area (Å²) < 4.78 is 27.5. The Hall–Kier alpha value is -3.38. The summed E-state index contributed by atoms with van der Waals surface area (Å²) >= 11 is 0. The van der Waals surface area contributed by atoms with Crippen molar-refractivity contribution in [3.63, 3.8) is 0 Å². The Balaban J connectivity index is 1.31. The molecule has 0 bridgehead atoms. The zero-order valence-corrected chi connectivity index (χ0v) is 21.4. The Morgan fingerprint density at radius 3 is 1.97 bits per heavy atom. The number of nitrogens with zero attached hydrogens (tertiary/aromatic N) is 3. The van der Waals surface area contributed by atoms with Gasteiger partial charge in [0.05, 0.1) is 0 Å². The molecule has 6 heteroatoms. The monoisotopic (exact) mass is 501 g/mol. The molecule has 4 nitrogen and oxygen atoms in total. The van der Waals surface area contributed by atoms with Gasteiger partial charge in [-0.2, -0.15) is 0 Å². The zero-order valence-electron chi connectivity index (χ0n) is 21.4. The first-order chi connectivity index (χ1) is 17.9. The summed E-state index contributed by atoms with van der Waals surface area (Å²) in [6, 6.07) is 22.8. The molecule has 0 aliphatic carbocycles. The Kier molecular flexibility index (Phi) is 7.20. The smallest absolute Gasteiger partial charge is 0.265 e. The molecule has 0 aromatic heterocycles. The second kappa shape index (κ2) is 10.5. The first-order valence-electron chi connectivity index (χ1n) is 13.1. The number of amidine groups is 1. The number of hydrogen-bond donors (Lipinski definition) is 0. The molecule has 1 fully saturated rings. The Bertz CT molecular complexity index is 1200. The lowest BCUT2D eigenvalue weighted by molar-refractivity contribution is -0.130. The van der Waals surface area contributed by atoms with E-state index in [2.05, 4.69) is 36.1 Å². The van der Waals surface area contributed by atoms with Gasteiger partial charge in [0.15, 0.2) is 5.54 Å². The van der Waals surface area contributed by atoms with Gasteiger partial charge < -0.3 is 4.90 Å². The predicted octanol–water partition coefficient (Wildman–Crippen LogP) is 5.81. The number of amides is 1. The van der Waals surface area contributed by atoms with Crippen LogP contribution in [0, 0.1) is 17.6 Å². The first kappa shape index (κ1) is 25.3. The van der Waals surface area contributed by atoms with Crippen LogP contribution in [0.15, 0.2) is 83.9 Å². The van der Waals surface area contributed by atoms with Crippen molar-refractivity contribution in [1.82, 2.24) is 9.80 Å². The summed E-state index contributed by atoms with van der Waals surface area (Å²) in [7, 11) is 0. The number of benzene rings is 3. The van der Waals surface area contributed by atoms with E-state index in [1.54, 1.807) is 29.2 Å². The molecular weight excluding hydrogens is 468 g/mol. The van der Waals surface area contributed by atoms with E-state index in [0.29, 0.717) is 35.5 Å². The minimum Gasteiger partial charge on any atom is -0.300 e. The number of piperidine rings is 1. The van der Waals surface area contributed by atoms with Crippen LogP contribution in [0.1, 0.15) is 43.4 Å². The Morgan fingerprint density at radius 2 is 1.43 bits per heavy atom.